The van der Waals surface area contributed by atoms with Gasteiger partial charge in [-0.25, -0.2) is 0 Å². The van der Waals surface area contributed by atoms with Crippen molar-refractivity contribution in [3.05, 3.63) is 83.9 Å². The molecule has 3 aromatic rings. The number of carbonyl (C=O) groups excluding carboxylic acids is 4. The zero-order valence-electron chi connectivity index (χ0n) is 20.2. The molecule has 3 aromatic carbocycles. The van der Waals surface area contributed by atoms with Crippen molar-refractivity contribution in [2.24, 2.45) is 5.92 Å². The third kappa shape index (κ3) is 6.99. The quantitative estimate of drug-likeness (QED) is 0.394. The molecule has 0 aliphatic heterocycles. The van der Waals surface area contributed by atoms with Crippen LogP contribution in [0.2, 0.25) is 0 Å². The van der Waals surface area contributed by atoms with E-state index < -0.39 is 29.9 Å². The SMILES string of the molecule is CC(C)[C@@H](C=O)NC(=O)[C@H](C)NC(=O)[C@@H](Cc1ccc2ccccc2c1)NC(=O)c1ccccc1. The molecule has 182 valence electrons. The molecular weight excluding hydrogens is 442 g/mol. The molecule has 3 N–H and O–H groups in total. The Kier molecular flexibility index (Phi) is 8.73. The molecule has 7 heteroatoms. The Labute approximate surface area is 205 Å². The highest BCUT2D eigenvalue weighted by molar-refractivity contribution is 5.98. The van der Waals surface area contributed by atoms with Crippen molar-refractivity contribution >= 4 is 34.8 Å². The molecule has 0 aliphatic rings. The molecule has 0 radical (unpaired) electrons. The molecule has 0 unspecified atom stereocenters. The smallest absolute Gasteiger partial charge is 0.251 e. The largest absolute Gasteiger partial charge is 0.345 e. The number of fused-ring (bicyclic) bond motifs is 1. The van der Waals surface area contributed by atoms with E-state index in [0.29, 0.717) is 11.8 Å². The van der Waals surface area contributed by atoms with Gasteiger partial charge in [0.1, 0.15) is 18.4 Å². The first-order valence-electron chi connectivity index (χ1n) is 11.7. The maximum atomic E-state index is 13.2. The van der Waals surface area contributed by atoms with Gasteiger partial charge >= 0.3 is 0 Å². The van der Waals surface area contributed by atoms with Gasteiger partial charge in [0.15, 0.2) is 0 Å². The number of nitrogens with one attached hydrogen (secondary N) is 3. The summed E-state index contributed by atoms with van der Waals surface area (Å²) in [6.45, 7) is 5.18. The van der Waals surface area contributed by atoms with Crippen molar-refractivity contribution in [2.75, 3.05) is 0 Å². The number of benzene rings is 3. The Morgan fingerprint density at radius 3 is 2.09 bits per heavy atom. The van der Waals surface area contributed by atoms with Crippen LogP contribution in [0.5, 0.6) is 0 Å². The van der Waals surface area contributed by atoms with Gasteiger partial charge in [-0.1, -0.05) is 74.5 Å². The van der Waals surface area contributed by atoms with E-state index in [1.165, 1.54) is 0 Å². The van der Waals surface area contributed by atoms with E-state index in [0.717, 1.165) is 16.3 Å². The minimum Gasteiger partial charge on any atom is -0.345 e. The first-order chi connectivity index (χ1) is 16.8. The second-order valence-electron chi connectivity index (χ2n) is 8.92. The lowest BCUT2D eigenvalue weighted by Gasteiger charge is -2.23. The Hall–Kier alpha value is -4.00. The minimum absolute atomic E-state index is 0.0786. The number of amides is 3. The maximum absolute atomic E-state index is 13.2. The van der Waals surface area contributed by atoms with Gasteiger partial charge < -0.3 is 20.7 Å². The van der Waals surface area contributed by atoms with E-state index >= 15 is 0 Å². The summed E-state index contributed by atoms with van der Waals surface area (Å²) < 4.78 is 0. The van der Waals surface area contributed by atoms with Gasteiger partial charge in [0.2, 0.25) is 11.8 Å². The second-order valence-corrected chi connectivity index (χ2v) is 8.92. The summed E-state index contributed by atoms with van der Waals surface area (Å²) >= 11 is 0. The molecule has 0 aromatic heterocycles. The molecule has 3 amide bonds. The van der Waals surface area contributed by atoms with Crippen molar-refractivity contribution in [3.63, 3.8) is 0 Å². The molecular formula is C28H31N3O4. The average Bonchev–Trinajstić information content (AvgIpc) is 2.86. The summed E-state index contributed by atoms with van der Waals surface area (Å²) in [7, 11) is 0. The van der Waals surface area contributed by atoms with Crippen molar-refractivity contribution in [1.29, 1.82) is 0 Å². The van der Waals surface area contributed by atoms with Crippen LogP contribution in [0.4, 0.5) is 0 Å². The van der Waals surface area contributed by atoms with E-state index in [4.69, 9.17) is 0 Å². The third-order valence-corrected chi connectivity index (χ3v) is 5.84. The summed E-state index contributed by atoms with van der Waals surface area (Å²) in [6.07, 6.45) is 0.923. The molecule has 0 bridgehead atoms. The fourth-order valence-corrected chi connectivity index (χ4v) is 3.67. The summed E-state index contributed by atoms with van der Waals surface area (Å²) in [5, 5.41) is 10.2. The van der Waals surface area contributed by atoms with Gasteiger partial charge in [0.05, 0.1) is 6.04 Å². The number of carbonyl (C=O) groups is 4. The molecule has 0 spiro atoms. The van der Waals surface area contributed by atoms with Crippen LogP contribution in [0.15, 0.2) is 72.8 Å². The standard InChI is InChI=1S/C28H31N3O4/c1-18(2)25(17-32)31-26(33)19(3)29-28(35)24(30-27(34)22-10-5-4-6-11-22)16-20-13-14-21-9-7-8-12-23(21)15-20/h4-15,17-19,24-25H,16H2,1-3H3,(H,29,35)(H,30,34)(H,31,33)/t19-,24+,25+/m0/s1. The van der Waals surface area contributed by atoms with E-state index in [1.807, 2.05) is 56.3 Å². The zero-order valence-corrected chi connectivity index (χ0v) is 20.2. The minimum atomic E-state index is -0.911. The van der Waals surface area contributed by atoms with Gasteiger partial charge in [-0.15, -0.1) is 0 Å². The van der Waals surface area contributed by atoms with Crippen LogP contribution in [0.25, 0.3) is 10.8 Å². The highest BCUT2D eigenvalue weighted by Crippen LogP contribution is 2.17. The molecule has 0 heterocycles. The van der Waals surface area contributed by atoms with Gasteiger partial charge in [-0.2, -0.15) is 0 Å². The molecule has 0 fully saturated rings. The number of aldehydes is 1. The van der Waals surface area contributed by atoms with Crippen LogP contribution in [0.3, 0.4) is 0 Å². The van der Waals surface area contributed by atoms with Crippen LogP contribution in [0, 0.1) is 5.92 Å². The van der Waals surface area contributed by atoms with Crippen molar-refractivity contribution in [2.45, 2.75) is 45.3 Å². The van der Waals surface area contributed by atoms with Crippen LogP contribution >= 0.6 is 0 Å². The lowest BCUT2D eigenvalue weighted by Crippen LogP contribution is -2.55. The first-order valence-corrected chi connectivity index (χ1v) is 11.7. The van der Waals surface area contributed by atoms with Crippen LogP contribution in [-0.4, -0.2) is 42.1 Å². The molecule has 0 aliphatic carbocycles. The monoisotopic (exact) mass is 473 g/mol. The topological polar surface area (TPSA) is 104 Å². The fourth-order valence-electron chi connectivity index (χ4n) is 3.67. The maximum Gasteiger partial charge on any atom is 0.251 e. The first kappa shape index (κ1) is 25.6. The normalized spacial score (nSPS) is 13.5. The summed E-state index contributed by atoms with van der Waals surface area (Å²) in [5.74, 6) is -1.42. The van der Waals surface area contributed by atoms with Gasteiger partial charge in [-0.3, -0.25) is 14.4 Å². The van der Waals surface area contributed by atoms with Crippen LogP contribution in [0.1, 0.15) is 36.7 Å². The fraction of sp³-hybridized carbons (Fsp3) is 0.286. The summed E-state index contributed by atoms with van der Waals surface area (Å²) in [4.78, 5) is 49.8. The van der Waals surface area contributed by atoms with Gasteiger partial charge in [-0.05, 0) is 41.3 Å². The number of rotatable bonds is 10. The van der Waals surface area contributed by atoms with E-state index in [1.54, 1.807) is 37.3 Å². The molecule has 0 saturated carbocycles. The van der Waals surface area contributed by atoms with Crippen molar-refractivity contribution in [1.82, 2.24) is 16.0 Å². The van der Waals surface area contributed by atoms with Crippen molar-refractivity contribution in [3.8, 4) is 0 Å². The number of hydrogen-bond acceptors (Lipinski definition) is 4. The highest BCUT2D eigenvalue weighted by Gasteiger charge is 2.26. The number of hydrogen-bond donors (Lipinski definition) is 3. The third-order valence-electron chi connectivity index (χ3n) is 5.84. The zero-order chi connectivity index (χ0) is 25.4. The predicted molar refractivity (Wildman–Crippen MR) is 136 cm³/mol. The summed E-state index contributed by atoms with van der Waals surface area (Å²) in [5.41, 5.74) is 1.30. The van der Waals surface area contributed by atoms with E-state index in [9.17, 15) is 19.2 Å². The Bertz CT molecular complexity index is 1190. The van der Waals surface area contributed by atoms with Crippen LogP contribution in [-0.2, 0) is 20.8 Å². The second kappa shape index (κ2) is 11.9. The van der Waals surface area contributed by atoms with E-state index in [2.05, 4.69) is 16.0 Å². The van der Waals surface area contributed by atoms with Crippen LogP contribution < -0.4 is 16.0 Å². The van der Waals surface area contributed by atoms with Gasteiger partial charge in [0, 0.05) is 12.0 Å². The highest BCUT2D eigenvalue weighted by atomic mass is 16.2. The molecule has 7 nitrogen and oxygen atoms in total. The van der Waals surface area contributed by atoms with Gasteiger partial charge in [0.25, 0.3) is 5.91 Å². The van der Waals surface area contributed by atoms with E-state index in [-0.39, 0.29) is 18.2 Å². The molecule has 3 rings (SSSR count). The summed E-state index contributed by atoms with van der Waals surface area (Å²) in [6, 6.07) is 20.0. The Morgan fingerprint density at radius 1 is 0.771 bits per heavy atom. The molecule has 3 atom stereocenters. The van der Waals surface area contributed by atoms with Crippen molar-refractivity contribution < 1.29 is 19.2 Å². The molecule has 35 heavy (non-hydrogen) atoms. The predicted octanol–water partition coefficient (Wildman–Crippen LogP) is 3.03. The molecule has 0 saturated heterocycles. The lowest BCUT2D eigenvalue weighted by atomic mass is 10.0. The Balaban J connectivity index is 1.78. The lowest BCUT2D eigenvalue weighted by molar-refractivity contribution is -0.130. The Morgan fingerprint density at radius 2 is 1.43 bits per heavy atom. The average molecular weight is 474 g/mol.